The molecule has 0 radical (unpaired) electrons. The van der Waals surface area contributed by atoms with Crippen LogP contribution in [-0.4, -0.2) is 17.3 Å². The van der Waals surface area contributed by atoms with Crippen LogP contribution in [0, 0.1) is 0 Å². The second-order valence-corrected chi connectivity index (χ2v) is 5.53. The zero-order valence-corrected chi connectivity index (χ0v) is 11.3. The quantitative estimate of drug-likeness (QED) is 0.777. The Morgan fingerprint density at radius 3 is 1.95 bits per heavy atom. The summed E-state index contributed by atoms with van der Waals surface area (Å²) < 4.78 is 91.2. The molecule has 1 aliphatic carbocycles. The summed E-state index contributed by atoms with van der Waals surface area (Å²) in [6, 6.07) is 0. The first-order chi connectivity index (χ1) is 9.73. The zero-order chi connectivity index (χ0) is 17.1. The SMILES string of the molecule is CC1(C)C=Cc2c(C(F)(C(F)(F)F)C(F)(F)F)c[nH]c(=O)c21. The molecular formula is C13H10F7NO. The highest BCUT2D eigenvalue weighted by Crippen LogP contribution is 2.55. The van der Waals surface area contributed by atoms with Gasteiger partial charge in [0.05, 0.1) is 0 Å². The topological polar surface area (TPSA) is 32.9 Å². The number of aromatic amines is 1. The van der Waals surface area contributed by atoms with Crippen LogP contribution in [0.15, 0.2) is 17.1 Å². The highest BCUT2D eigenvalue weighted by molar-refractivity contribution is 5.68. The number of rotatable bonds is 1. The van der Waals surface area contributed by atoms with Gasteiger partial charge in [-0.1, -0.05) is 26.0 Å². The van der Waals surface area contributed by atoms with Gasteiger partial charge in [0.1, 0.15) is 0 Å². The van der Waals surface area contributed by atoms with Crippen molar-refractivity contribution >= 4 is 6.08 Å². The number of fused-ring (bicyclic) bond motifs is 1. The van der Waals surface area contributed by atoms with E-state index in [1.807, 2.05) is 0 Å². The Morgan fingerprint density at radius 2 is 1.50 bits per heavy atom. The van der Waals surface area contributed by atoms with Crippen LogP contribution in [0.4, 0.5) is 30.7 Å². The number of aromatic nitrogens is 1. The summed E-state index contributed by atoms with van der Waals surface area (Å²) in [6.07, 6.45) is -10.2. The smallest absolute Gasteiger partial charge is 0.328 e. The third-order valence-corrected chi connectivity index (χ3v) is 3.60. The molecule has 1 aliphatic rings. The molecule has 0 atom stereocenters. The van der Waals surface area contributed by atoms with Gasteiger partial charge in [0.15, 0.2) is 0 Å². The molecule has 1 aromatic heterocycles. The number of nitrogens with one attached hydrogen (secondary N) is 1. The van der Waals surface area contributed by atoms with Crippen LogP contribution >= 0.6 is 0 Å². The Balaban J connectivity index is 2.87. The van der Waals surface area contributed by atoms with Gasteiger partial charge in [-0.2, -0.15) is 26.3 Å². The zero-order valence-electron chi connectivity index (χ0n) is 11.3. The lowest BCUT2D eigenvalue weighted by molar-refractivity contribution is -0.348. The van der Waals surface area contributed by atoms with E-state index in [9.17, 15) is 35.5 Å². The average molecular weight is 329 g/mol. The number of pyridine rings is 1. The van der Waals surface area contributed by atoms with Gasteiger partial charge in [-0.3, -0.25) is 4.79 Å². The van der Waals surface area contributed by atoms with E-state index in [4.69, 9.17) is 0 Å². The van der Waals surface area contributed by atoms with Crippen LogP contribution in [0.1, 0.15) is 30.5 Å². The Morgan fingerprint density at radius 1 is 1.00 bits per heavy atom. The Bertz CT molecular complexity index is 680. The summed E-state index contributed by atoms with van der Waals surface area (Å²) in [7, 11) is 0. The molecule has 1 N–H and O–H groups in total. The van der Waals surface area contributed by atoms with E-state index in [-0.39, 0.29) is 11.8 Å². The number of allylic oxidation sites excluding steroid dienone is 1. The third kappa shape index (κ3) is 2.05. The lowest BCUT2D eigenvalue weighted by Gasteiger charge is -2.31. The number of hydrogen-bond acceptors (Lipinski definition) is 1. The average Bonchev–Trinajstić information content (AvgIpc) is 2.63. The molecule has 0 saturated heterocycles. The molecule has 0 unspecified atom stereocenters. The fraction of sp³-hybridized carbons (Fsp3) is 0.462. The molecule has 9 heteroatoms. The second-order valence-electron chi connectivity index (χ2n) is 5.53. The van der Waals surface area contributed by atoms with Crippen LogP contribution in [0.25, 0.3) is 6.08 Å². The minimum absolute atomic E-state index is 0.133. The molecule has 0 bridgehead atoms. The van der Waals surface area contributed by atoms with E-state index in [1.54, 1.807) is 4.98 Å². The first kappa shape index (κ1) is 16.6. The molecule has 0 amide bonds. The van der Waals surface area contributed by atoms with Crippen LogP contribution in [0.2, 0.25) is 0 Å². The van der Waals surface area contributed by atoms with Crippen molar-refractivity contribution in [2.24, 2.45) is 0 Å². The minimum Gasteiger partial charge on any atom is -0.328 e. The van der Waals surface area contributed by atoms with E-state index < -0.39 is 40.1 Å². The molecule has 122 valence electrons. The maximum Gasteiger partial charge on any atom is 0.436 e. The molecule has 2 rings (SSSR count). The minimum atomic E-state index is -6.22. The second kappa shape index (κ2) is 4.36. The Hall–Kier alpha value is -1.80. The van der Waals surface area contributed by atoms with Crippen LogP contribution < -0.4 is 5.56 Å². The lowest BCUT2D eigenvalue weighted by Crippen LogP contribution is -2.51. The maximum absolute atomic E-state index is 14.2. The van der Waals surface area contributed by atoms with E-state index in [0.29, 0.717) is 0 Å². The van der Waals surface area contributed by atoms with Crippen LogP contribution in [0.5, 0.6) is 0 Å². The molecule has 0 aliphatic heterocycles. The van der Waals surface area contributed by atoms with Gasteiger partial charge in [-0.25, -0.2) is 4.39 Å². The molecule has 0 saturated carbocycles. The number of halogens is 7. The molecular weight excluding hydrogens is 319 g/mol. The van der Waals surface area contributed by atoms with Crippen molar-refractivity contribution < 1.29 is 30.7 Å². The van der Waals surface area contributed by atoms with E-state index in [0.717, 1.165) is 6.08 Å². The first-order valence-corrected chi connectivity index (χ1v) is 6.02. The molecule has 1 aromatic rings. The Kier molecular flexibility index (Phi) is 3.28. The van der Waals surface area contributed by atoms with Crippen LogP contribution in [0.3, 0.4) is 0 Å². The standard InChI is InChI=1S/C13H10F7NO/c1-10(2)4-3-6-7(5-21-9(22)8(6)10)11(14,12(15,16)17)13(18,19)20/h3-5H,1-2H3,(H,21,22). The third-order valence-electron chi connectivity index (χ3n) is 3.60. The summed E-state index contributed by atoms with van der Waals surface area (Å²) in [5.74, 6) is 0. The van der Waals surface area contributed by atoms with Crippen molar-refractivity contribution in [1.29, 1.82) is 0 Å². The summed E-state index contributed by atoms with van der Waals surface area (Å²) in [5.41, 5.74) is -10.2. The van der Waals surface area contributed by atoms with Crippen molar-refractivity contribution in [1.82, 2.24) is 4.98 Å². The molecule has 1 heterocycles. The predicted molar refractivity (Wildman–Crippen MR) is 64.0 cm³/mol. The van der Waals surface area contributed by atoms with E-state index in [1.165, 1.54) is 19.9 Å². The molecule has 2 nitrogen and oxygen atoms in total. The number of alkyl halides is 7. The predicted octanol–water partition coefficient (Wildman–Crippen LogP) is 3.97. The summed E-state index contributed by atoms with van der Waals surface area (Å²) in [4.78, 5) is 13.5. The van der Waals surface area contributed by atoms with Crippen molar-refractivity contribution in [3.8, 4) is 0 Å². The van der Waals surface area contributed by atoms with Gasteiger partial charge < -0.3 is 4.98 Å². The number of H-pyrrole nitrogens is 1. The molecule has 0 aromatic carbocycles. The van der Waals surface area contributed by atoms with Crippen molar-refractivity contribution in [3.05, 3.63) is 39.3 Å². The fourth-order valence-electron chi connectivity index (χ4n) is 2.48. The Labute approximate surface area is 119 Å². The monoisotopic (exact) mass is 329 g/mol. The number of hydrogen-bond donors (Lipinski definition) is 1. The summed E-state index contributed by atoms with van der Waals surface area (Å²) >= 11 is 0. The van der Waals surface area contributed by atoms with Gasteiger partial charge in [-0.15, -0.1) is 0 Å². The van der Waals surface area contributed by atoms with Gasteiger partial charge >= 0.3 is 18.0 Å². The van der Waals surface area contributed by atoms with Crippen LogP contribution in [-0.2, 0) is 11.1 Å². The molecule has 0 spiro atoms. The van der Waals surface area contributed by atoms with Gasteiger partial charge in [0.25, 0.3) is 5.56 Å². The van der Waals surface area contributed by atoms with Crippen molar-refractivity contribution in [2.45, 2.75) is 37.3 Å². The molecule has 0 fully saturated rings. The summed E-state index contributed by atoms with van der Waals surface area (Å²) in [5, 5.41) is 0. The lowest BCUT2D eigenvalue weighted by atomic mass is 9.84. The largest absolute Gasteiger partial charge is 0.436 e. The van der Waals surface area contributed by atoms with Gasteiger partial charge in [-0.05, 0) is 5.56 Å². The highest BCUT2D eigenvalue weighted by Gasteiger charge is 2.74. The summed E-state index contributed by atoms with van der Waals surface area (Å²) in [6.45, 7) is 2.85. The fourth-order valence-corrected chi connectivity index (χ4v) is 2.48. The van der Waals surface area contributed by atoms with Crippen molar-refractivity contribution in [2.75, 3.05) is 0 Å². The normalized spacial score (nSPS) is 17.7. The maximum atomic E-state index is 14.2. The molecule has 22 heavy (non-hydrogen) atoms. The van der Waals surface area contributed by atoms with Gasteiger partial charge in [0.2, 0.25) is 0 Å². The van der Waals surface area contributed by atoms with Crippen molar-refractivity contribution in [3.63, 3.8) is 0 Å². The van der Waals surface area contributed by atoms with Gasteiger partial charge in [0, 0.05) is 22.7 Å². The first-order valence-electron chi connectivity index (χ1n) is 6.02. The highest BCUT2D eigenvalue weighted by atomic mass is 19.4. The van der Waals surface area contributed by atoms with E-state index in [2.05, 4.69) is 0 Å². The van der Waals surface area contributed by atoms with E-state index >= 15 is 0 Å².